The second-order valence-electron chi connectivity index (χ2n) is 5.71. The van der Waals surface area contributed by atoms with Crippen molar-refractivity contribution >= 4 is 5.91 Å². The smallest absolute Gasteiger partial charge is 0.271 e. The van der Waals surface area contributed by atoms with Crippen molar-refractivity contribution in [2.45, 2.75) is 20.0 Å². The molecule has 0 aliphatic rings. The lowest BCUT2D eigenvalue weighted by Gasteiger charge is -2.08. The molecule has 0 unspecified atom stereocenters. The number of nitrogens with one attached hydrogen (secondary N) is 1. The van der Waals surface area contributed by atoms with Crippen LogP contribution in [0.25, 0.3) is 0 Å². The number of aryl methyl sites for hydroxylation is 1. The Balaban J connectivity index is 1.59. The second kappa shape index (κ2) is 7.53. The van der Waals surface area contributed by atoms with Gasteiger partial charge in [0.25, 0.3) is 11.5 Å². The molecule has 1 aromatic carbocycles. The Kier molecular flexibility index (Phi) is 4.99. The van der Waals surface area contributed by atoms with Crippen LogP contribution < -0.4 is 10.9 Å². The molecule has 0 aliphatic heterocycles. The number of amides is 1. The second-order valence-corrected chi connectivity index (χ2v) is 5.71. The van der Waals surface area contributed by atoms with E-state index in [1.165, 1.54) is 12.3 Å². The molecule has 0 saturated heterocycles. The van der Waals surface area contributed by atoms with Crippen molar-refractivity contribution in [1.82, 2.24) is 19.9 Å². The molecule has 0 atom stereocenters. The van der Waals surface area contributed by atoms with E-state index in [4.69, 9.17) is 0 Å². The first-order valence-electron chi connectivity index (χ1n) is 7.92. The van der Waals surface area contributed by atoms with Gasteiger partial charge in [-0.25, -0.2) is 4.98 Å². The minimum Gasteiger partial charge on any atom is -0.347 e. The molecule has 3 rings (SSSR count). The largest absolute Gasteiger partial charge is 0.347 e. The number of hydrogen-bond acceptors (Lipinski definition) is 4. The van der Waals surface area contributed by atoms with Crippen molar-refractivity contribution in [3.63, 3.8) is 0 Å². The van der Waals surface area contributed by atoms with Crippen molar-refractivity contribution in [1.29, 1.82) is 0 Å². The van der Waals surface area contributed by atoms with Gasteiger partial charge in [-0.05, 0) is 24.1 Å². The zero-order chi connectivity index (χ0) is 17.6. The average molecular weight is 334 g/mol. The highest BCUT2D eigenvalue weighted by Crippen LogP contribution is 2.06. The Morgan fingerprint density at radius 3 is 2.48 bits per heavy atom. The molecule has 0 radical (unpaired) electrons. The molecule has 3 aromatic rings. The highest BCUT2D eigenvalue weighted by atomic mass is 16.2. The fourth-order valence-corrected chi connectivity index (χ4v) is 2.33. The Labute approximate surface area is 145 Å². The molecule has 0 bridgehead atoms. The van der Waals surface area contributed by atoms with E-state index >= 15 is 0 Å². The highest BCUT2D eigenvalue weighted by molar-refractivity contribution is 5.91. The summed E-state index contributed by atoms with van der Waals surface area (Å²) in [5, 5.41) is 2.82. The lowest BCUT2D eigenvalue weighted by Crippen LogP contribution is -2.24. The van der Waals surface area contributed by atoms with Crippen LogP contribution in [0.3, 0.4) is 0 Å². The molecule has 6 heteroatoms. The SMILES string of the molecule is Cc1cnc(C(=O)NCc2ccc(Cn3ccccc3=O)cc2)cn1. The molecule has 25 heavy (non-hydrogen) atoms. The lowest BCUT2D eigenvalue weighted by atomic mass is 10.1. The average Bonchev–Trinajstić information content (AvgIpc) is 2.63. The first-order chi connectivity index (χ1) is 12.1. The monoisotopic (exact) mass is 334 g/mol. The number of carbonyl (C=O) groups excluding carboxylic acids is 1. The highest BCUT2D eigenvalue weighted by Gasteiger charge is 2.07. The minimum absolute atomic E-state index is 0.0296. The first-order valence-corrected chi connectivity index (χ1v) is 7.92. The third-order valence-electron chi connectivity index (χ3n) is 3.74. The van der Waals surface area contributed by atoms with Crippen LogP contribution in [0.15, 0.2) is 65.8 Å². The lowest BCUT2D eigenvalue weighted by molar-refractivity contribution is 0.0945. The molecular weight excluding hydrogens is 316 g/mol. The fraction of sp³-hybridized carbons (Fsp3) is 0.158. The van der Waals surface area contributed by atoms with E-state index in [1.807, 2.05) is 37.3 Å². The van der Waals surface area contributed by atoms with Crippen molar-refractivity contribution in [2.24, 2.45) is 0 Å². The summed E-state index contributed by atoms with van der Waals surface area (Å²) in [6, 6.07) is 12.9. The van der Waals surface area contributed by atoms with Gasteiger partial charge < -0.3 is 9.88 Å². The number of benzene rings is 1. The van der Waals surface area contributed by atoms with Crippen molar-refractivity contribution in [2.75, 3.05) is 0 Å². The number of nitrogens with zero attached hydrogens (tertiary/aromatic N) is 3. The third kappa shape index (κ3) is 4.38. The Morgan fingerprint density at radius 1 is 1.04 bits per heavy atom. The van der Waals surface area contributed by atoms with Gasteiger partial charge in [-0.3, -0.25) is 14.6 Å². The molecule has 0 spiro atoms. The van der Waals surface area contributed by atoms with Gasteiger partial charge in [0.05, 0.1) is 18.4 Å². The van der Waals surface area contributed by atoms with Crippen LogP contribution in [-0.2, 0) is 13.1 Å². The van der Waals surface area contributed by atoms with Gasteiger partial charge in [0.15, 0.2) is 0 Å². The topological polar surface area (TPSA) is 76.9 Å². The van der Waals surface area contributed by atoms with E-state index in [2.05, 4.69) is 15.3 Å². The maximum atomic E-state index is 12.0. The Bertz CT molecular complexity index is 915. The quantitative estimate of drug-likeness (QED) is 0.773. The number of aromatic nitrogens is 3. The van der Waals surface area contributed by atoms with Crippen LogP contribution in [0, 0.1) is 6.92 Å². The summed E-state index contributed by atoms with van der Waals surface area (Å²) < 4.78 is 1.65. The molecule has 0 saturated carbocycles. The van der Waals surface area contributed by atoms with E-state index in [-0.39, 0.29) is 11.5 Å². The molecule has 2 aromatic heterocycles. The maximum Gasteiger partial charge on any atom is 0.271 e. The van der Waals surface area contributed by atoms with Crippen LogP contribution in [0.5, 0.6) is 0 Å². The zero-order valence-electron chi connectivity index (χ0n) is 13.8. The van der Waals surface area contributed by atoms with Gasteiger partial charge >= 0.3 is 0 Å². The van der Waals surface area contributed by atoms with Gasteiger partial charge in [0.1, 0.15) is 5.69 Å². The molecule has 0 aliphatic carbocycles. The summed E-state index contributed by atoms with van der Waals surface area (Å²) in [6.45, 7) is 2.74. The standard InChI is InChI=1S/C19H18N4O2/c1-14-10-21-17(12-20-14)19(25)22-11-15-5-7-16(8-6-15)13-23-9-3-2-4-18(23)24/h2-10,12H,11,13H2,1H3,(H,22,25). The molecule has 1 amide bonds. The summed E-state index contributed by atoms with van der Waals surface area (Å²) >= 11 is 0. The number of carbonyl (C=O) groups is 1. The number of hydrogen-bond donors (Lipinski definition) is 1. The predicted octanol–water partition coefficient (Wildman–Crippen LogP) is 1.93. The Hall–Kier alpha value is -3.28. The van der Waals surface area contributed by atoms with Gasteiger partial charge in [-0.2, -0.15) is 0 Å². The van der Waals surface area contributed by atoms with E-state index in [0.29, 0.717) is 18.8 Å². The summed E-state index contributed by atoms with van der Waals surface area (Å²) in [4.78, 5) is 31.9. The predicted molar refractivity (Wildman–Crippen MR) is 94.2 cm³/mol. The number of pyridine rings is 1. The summed E-state index contributed by atoms with van der Waals surface area (Å²) in [7, 11) is 0. The van der Waals surface area contributed by atoms with E-state index in [0.717, 1.165) is 16.8 Å². The van der Waals surface area contributed by atoms with E-state index in [1.54, 1.807) is 23.0 Å². The maximum absolute atomic E-state index is 12.0. The van der Waals surface area contributed by atoms with E-state index < -0.39 is 0 Å². The van der Waals surface area contributed by atoms with Gasteiger partial charge in [-0.15, -0.1) is 0 Å². The van der Waals surface area contributed by atoms with Crippen LogP contribution in [-0.4, -0.2) is 20.4 Å². The molecule has 0 fully saturated rings. The van der Waals surface area contributed by atoms with Crippen LogP contribution in [0.4, 0.5) is 0 Å². The molecular formula is C19H18N4O2. The van der Waals surface area contributed by atoms with Gasteiger partial charge in [0.2, 0.25) is 0 Å². The number of rotatable bonds is 5. The summed E-state index contributed by atoms with van der Waals surface area (Å²) in [5.74, 6) is -0.257. The summed E-state index contributed by atoms with van der Waals surface area (Å²) in [6.07, 6.45) is 4.79. The third-order valence-corrected chi connectivity index (χ3v) is 3.74. The van der Waals surface area contributed by atoms with Crippen LogP contribution in [0.2, 0.25) is 0 Å². The van der Waals surface area contributed by atoms with Gasteiger partial charge in [-0.1, -0.05) is 30.3 Å². The molecule has 1 N–H and O–H groups in total. The van der Waals surface area contributed by atoms with Crippen molar-refractivity contribution in [3.05, 3.63) is 93.9 Å². The van der Waals surface area contributed by atoms with Gasteiger partial charge in [0, 0.05) is 25.0 Å². The molecule has 2 heterocycles. The molecule has 6 nitrogen and oxygen atoms in total. The fourth-order valence-electron chi connectivity index (χ4n) is 2.33. The molecule has 126 valence electrons. The van der Waals surface area contributed by atoms with Crippen molar-refractivity contribution < 1.29 is 4.79 Å². The zero-order valence-corrected chi connectivity index (χ0v) is 13.8. The first kappa shape index (κ1) is 16.6. The van der Waals surface area contributed by atoms with E-state index in [9.17, 15) is 9.59 Å². The minimum atomic E-state index is -0.257. The Morgan fingerprint density at radius 2 is 1.80 bits per heavy atom. The normalized spacial score (nSPS) is 10.4. The summed E-state index contributed by atoms with van der Waals surface area (Å²) in [5.41, 5.74) is 3.03. The van der Waals surface area contributed by atoms with Crippen LogP contribution in [0.1, 0.15) is 27.3 Å². The van der Waals surface area contributed by atoms with Crippen LogP contribution >= 0.6 is 0 Å². The van der Waals surface area contributed by atoms with Crippen molar-refractivity contribution in [3.8, 4) is 0 Å².